The summed E-state index contributed by atoms with van der Waals surface area (Å²) >= 11 is 6.17. The zero-order valence-electron chi connectivity index (χ0n) is 9.56. The van der Waals surface area contributed by atoms with Gasteiger partial charge in [0, 0.05) is 16.6 Å². The fourth-order valence-electron chi connectivity index (χ4n) is 2.03. The van der Waals surface area contributed by atoms with E-state index in [9.17, 15) is 4.79 Å². The SMILES string of the molecule is Cc1cc(CC2CC(=O)C(C)S2)ccc1S. The molecule has 2 atom stereocenters. The predicted molar refractivity (Wildman–Crippen MR) is 72.6 cm³/mol. The van der Waals surface area contributed by atoms with Crippen LogP contribution in [0.3, 0.4) is 0 Å². The Morgan fingerprint density at radius 2 is 2.25 bits per heavy atom. The normalized spacial score (nSPS) is 25.1. The van der Waals surface area contributed by atoms with E-state index < -0.39 is 0 Å². The summed E-state index contributed by atoms with van der Waals surface area (Å²) in [6.45, 7) is 4.08. The van der Waals surface area contributed by atoms with Crippen molar-refractivity contribution in [2.45, 2.75) is 42.1 Å². The molecular formula is C13H16OS2. The third-order valence-corrected chi connectivity index (χ3v) is 4.89. The minimum atomic E-state index is 0.190. The fourth-order valence-corrected chi connectivity index (χ4v) is 3.54. The summed E-state index contributed by atoms with van der Waals surface area (Å²) in [4.78, 5) is 12.5. The lowest BCUT2D eigenvalue weighted by molar-refractivity contribution is -0.117. The van der Waals surface area contributed by atoms with Crippen molar-refractivity contribution >= 4 is 30.2 Å². The molecule has 1 saturated heterocycles. The third-order valence-electron chi connectivity index (χ3n) is 3.00. The lowest BCUT2D eigenvalue weighted by atomic mass is 10.0. The second-order valence-corrected chi connectivity index (χ2v) is 6.52. The number of hydrogen-bond donors (Lipinski definition) is 1. The van der Waals surface area contributed by atoms with Crippen LogP contribution in [0.5, 0.6) is 0 Å². The Hall–Kier alpha value is -0.410. The van der Waals surface area contributed by atoms with Crippen molar-refractivity contribution in [3.8, 4) is 0 Å². The van der Waals surface area contributed by atoms with E-state index >= 15 is 0 Å². The molecular weight excluding hydrogens is 236 g/mol. The average Bonchev–Trinajstić information content (AvgIpc) is 2.52. The first-order valence-electron chi connectivity index (χ1n) is 5.53. The minimum absolute atomic E-state index is 0.190. The van der Waals surface area contributed by atoms with Crippen LogP contribution in [0, 0.1) is 6.92 Å². The van der Waals surface area contributed by atoms with Crippen LogP contribution in [-0.4, -0.2) is 16.3 Å². The highest BCUT2D eigenvalue weighted by Crippen LogP contribution is 2.33. The molecule has 0 amide bonds. The number of ketones is 1. The summed E-state index contributed by atoms with van der Waals surface area (Å²) < 4.78 is 0. The Bertz CT molecular complexity index is 414. The number of rotatable bonds is 2. The van der Waals surface area contributed by atoms with Crippen LogP contribution < -0.4 is 0 Å². The smallest absolute Gasteiger partial charge is 0.146 e. The molecule has 3 heteroatoms. The molecule has 0 spiro atoms. The highest BCUT2D eigenvalue weighted by atomic mass is 32.2. The van der Waals surface area contributed by atoms with Crippen molar-refractivity contribution in [2.24, 2.45) is 0 Å². The molecule has 16 heavy (non-hydrogen) atoms. The zero-order chi connectivity index (χ0) is 11.7. The van der Waals surface area contributed by atoms with Gasteiger partial charge in [0.2, 0.25) is 0 Å². The first kappa shape index (κ1) is 12.1. The highest BCUT2D eigenvalue weighted by molar-refractivity contribution is 8.01. The maximum Gasteiger partial charge on any atom is 0.146 e. The maximum absolute atomic E-state index is 11.5. The standard InChI is InChI=1S/C13H16OS2/c1-8-5-10(3-4-13(8)15)6-11-7-12(14)9(2)16-11/h3-5,9,11,15H,6-7H2,1-2H3. The number of Topliss-reactive ketones (excluding diaryl/α,β-unsaturated/α-hetero) is 1. The topological polar surface area (TPSA) is 17.1 Å². The second kappa shape index (κ2) is 4.84. The monoisotopic (exact) mass is 252 g/mol. The van der Waals surface area contributed by atoms with Crippen molar-refractivity contribution < 1.29 is 4.79 Å². The molecule has 1 fully saturated rings. The first-order chi connectivity index (χ1) is 7.56. The van der Waals surface area contributed by atoms with E-state index in [0.29, 0.717) is 11.0 Å². The summed E-state index contributed by atoms with van der Waals surface area (Å²) in [7, 11) is 0. The molecule has 1 nitrogen and oxygen atoms in total. The van der Waals surface area contributed by atoms with E-state index in [0.717, 1.165) is 17.7 Å². The van der Waals surface area contributed by atoms with Crippen LogP contribution in [0.2, 0.25) is 0 Å². The molecule has 1 aromatic rings. The van der Waals surface area contributed by atoms with Crippen molar-refractivity contribution in [3.63, 3.8) is 0 Å². The van der Waals surface area contributed by atoms with E-state index in [2.05, 4.69) is 31.7 Å². The number of carbonyl (C=O) groups excluding carboxylic acids is 1. The zero-order valence-corrected chi connectivity index (χ0v) is 11.3. The summed E-state index contributed by atoms with van der Waals surface area (Å²) in [6, 6.07) is 6.33. The number of thioether (sulfide) groups is 1. The molecule has 0 bridgehead atoms. The van der Waals surface area contributed by atoms with E-state index in [1.54, 1.807) is 0 Å². The highest BCUT2D eigenvalue weighted by Gasteiger charge is 2.29. The number of benzene rings is 1. The number of thiol groups is 1. The van der Waals surface area contributed by atoms with E-state index in [1.165, 1.54) is 11.1 Å². The predicted octanol–water partition coefficient (Wildman–Crippen LogP) is 3.29. The van der Waals surface area contributed by atoms with Crippen LogP contribution in [0.1, 0.15) is 24.5 Å². The molecule has 1 aromatic carbocycles. The average molecular weight is 252 g/mol. The third kappa shape index (κ3) is 2.64. The molecule has 86 valence electrons. The van der Waals surface area contributed by atoms with Gasteiger partial charge in [0.15, 0.2) is 0 Å². The van der Waals surface area contributed by atoms with Gasteiger partial charge in [-0.3, -0.25) is 4.79 Å². The van der Waals surface area contributed by atoms with Gasteiger partial charge in [0.05, 0.1) is 5.25 Å². The summed E-state index contributed by atoms with van der Waals surface area (Å²) in [5.41, 5.74) is 2.53. The molecule has 1 heterocycles. The number of hydrogen-bond acceptors (Lipinski definition) is 3. The van der Waals surface area contributed by atoms with Gasteiger partial charge >= 0.3 is 0 Å². The molecule has 1 aliphatic heterocycles. The molecule has 2 rings (SSSR count). The minimum Gasteiger partial charge on any atom is -0.298 e. The van der Waals surface area contributed by atoms with Gasteiger partial charge in [0.25, 0.3) is 0 Å². The molecule has 2 unspecified atom stereocenters. The Morgan fingerprint density at radius 3 is 2.81 bits per heavy atom. The van der Waals surface area contributed by atoms with Crippen LogP contribution in [0.25, 0.3) is 0 Å². The first-order valence-corrected chi connectivity index (χ1v) is 6.92. The van der Waals surface area contributed by atoms with Gasteiger partial charge in [-0.15, -0.1) is 24.4 Å². The van der Waals surface area contributed by atoms with E-state index in [1.807, 2.05) is 24.8 Å². The van der Waals surface area contributed by atoms with E-state index in [-0.39, 0.29) is 5.25 Å². The Morgan fingerprint density at radius 1 is 1.50 bits per heavy atom. The second-order valence-electron chi connectivity index (χ2n) is 4.40. The van der Waals surface area contributed by atoms with Crippen LogP contribution in [0.15, 0.2) is 23.1 Å². The largest absolute Gasteiger partial charge is 0.298 e. The summed E-state index contributed by atoms with van der Waals surface area (Å²) in [5.74, 6) is 0.400. The van der Waals surface area contributed by atoms with Crippen LogP contribution in [0.4, 0.5) is 0 Å². The fraction of sp³-hybridized carbons (Fsp3) is 0.462. The molecule has 0 saturated carbocycles. The van der Waals surface area contributed by atoms with Crippen molar-refractivity contribution in [1.82, 2.24) is 0 Å². The number of carbonyl (C=O) groups is 1. The van der Waals surface area contributed by atoms with Gasteiger partial charge in [0.1, 0.15) is 5.78 Å². The Kier molecular flexibility index (Phi) is 3.65. The van der Waals surface area contributed by atoms with Crippen molar-refractivity contribution in [1.29, 1.82) is 0 Å². The molecule has 0 aromatic heterocycles. The van der Waals surface area contributed by atoms with Crippen molar-refractivity contribution in [2.75, 3.05) is 0 Å². The maximum atomic E-state index is 11.5. The Balaban J connectivity index is 2.05. The lowest BCUT2D eigenvalue weighted by Gasteiger charge is -2.09. The molecule has 1 aliphatic rings. The summed E-state index contributed by atoms with van der Waals surface area (Å²) in [6.07, 6.45) is 1.73. The van der Waals surface area contributed by atoms with E-state index in [4.69, 9.17) is 0 Å². The van der Waals surface area contributed by atoms with Crippen LogP contribution in [-0.2, 0) is 11.2 Å². The summed E-state index contributed by atoms with van der Waals surface area (Å²) in [5, 5.41) is 0.655. The van der Waals surface area contributed by atoms with Gasteiger partial charge in [-0.1, -0.05) is 12.1 Å². The van der Waals surface area contributed by atoms with Gasteiger partial charge in [-0.2, -0.15) is 0 Å². The molecule has 0 aliphatic carbocycles. The van der Waals surface area contributed by atoms with Gasteiger partial charge in [-0.25, -0.2) is 0 Å². The lowest BCUT2D eigenvalue weighted by Crippen LogP contribution is -2.05. The number of aryl methyl sites for hydroxylation is 1. The molecule has 0 N–H and O–H groups in total. The van der Waals surface area contributed by atoms with Gasteiger partial charge < -0.3 is 0 Å². The van der Waals surface area contributed by atoms with Crippen molar-refractivity contribution in [3.05, 3.63) is 29.3 Å². The Labute approximate surface area is 106 Å². The van der Waals surface area contributed by atoms with Crippen LogP contribution >= 0.6 is 24.4 Å². The van der Waals surface area contributed by atoms with Gasteiger partial charge in [-0.05, 0) is 37.5 Å². The quantitative estimate of drug-likeness (QED) is 0.814. The molecule has 0 radical (unpaired) electrons.